The number of rotatable bonds is 5. The summed E-state index contributed by atoms with van der Waals surface area (Å²) in [5.74, 6) is -1.09. The van der Waals surface area contributed by atoms with Crippen LogP contribution in [0.1, 0.15) is 30.5 Å². The smallest absolute Gasteiger partial charge is 0.200 e. The van der Waals surface area contributed by atoms with Gasteiger partial charge in [0, 0.05) is 22.6 Å². The van der Waals surface area contributed by atoms with Crippen molar-refractivity contribution in [2.75, 3.05) is 0 Å². The predicted molar refractivity (Wildman–Crippen MR) is 85.5 cm³/mol. The molecule has 0 amide bonds. The summed E-state index contributed by atoms with van der Waals surface area (Å²) in [6.07, 6.45) is 0.895. The molecule has 0 aromatic heterocycles. The molecule has 112 valence electrons. The standard InChI is InChI=1S/C16H18BrNO3/c1-2-13(10-3-6-12(17)7-4-10)18-9-11-5-8-14(19)16(21)15(11)20/h3-8,13,18-21H,2,9H2,1H3. The van der Waals surface area contributed by atoms with E-state index in [4.69, 9.17) is 0 Å². The van der Waals surface area contributed by atoms with Crippen molar-refractivity contribution in [3.05, 3.63) is 52.0 Å². The summed E-state index contributed by atoms with van der Waals surface area (Å²) in [5, 5.41) is 32.0. The number of hydrogen-bond donors (Lipinski definition) is 4. The summed E-state index contributed by atoms with van der Waals surface area (Å²) in [5.41, 5.74) is 1.70. The van der Waals surface area contributed by atoms with E-state index in [1.807, 2.05) is 24.3 Å². The van der Waals surface area contributed by atoms with Crippen molar-refractivity contribution in [3.63, 3.8) is 0 Å². The van der Waals surface area contributed by atoms with Crippen LogP contribution in [-0.4, -0.2) is 15.3 Å². The fraction of sp³-hybridized carbons (Fsp3) is 0.250. The summed E-state index contributed by atoms with van der Waals surface area (Å²) >= 11 is 3.41. The van der Waals surface area contributed by atoms with Gasteiger partial charge >= 0.3 is 0 Å². The van der Waals surface area contributed by atoms with E-state index in [0.29, 0.717) is 12.1 Å². The van der Waals surface area contributed by atoms with Gasteiger partial charge in [-0.3, -0.25) is 0 Å². The minimum Gasteiger partial charge on any atom is -0.504 e. The molecule has 0 fully saturated rings. The number of phenolic OH excluding ortho intramolecular Hbond substituents is 3. The Morgan fingerprint density at radius 2 is 1.67 bits per heavy atom. The van der Waals surface area contributed by atoms with Crippen molar-refractivity contribution in [2.24, 2.45) is 0 Å². The van der Waals surface area contributed by atoms with Crippen LogP contribution in [-0.2, 0) is 6.54 Å². The highest BCUT2D eigenvalue weighted by atomic mass is 79.9. The second kappa shape index (κ2) is 6.83. The molecule has 1 atom stereocenters. The van der Waals surface area contributed by atoms with Gasteiger partial charge in [0.1, 0.15) is 0 Å². The molecule has 2 rings (SSSR count). The van der Waals surface area contributed by atoms with Gasteiger partial charge in [-0.1, -0.05) is 41.1 Å². The summed E-state index contributed by atoms with van der Waals surface area (Å²) in [6, 6.07) is 11.2. The summed E-state index contributed by atoms with van der Waals surface area (Å²) in [6.45, 7) is 2.47. The minimum atomic E-state index is -0.481. The normalized spacial score (nSPS) is 12.3. The maximum absolute atomic E-state index is 9.81. The van der Waals surface area contributed by atoms with Gasteiger partial charge in [-0.15, -0.1) is 0 Å². The van der Waals surface area contributed by atoms with E-state index in [2.05, 4.69) is 28.2 Å². The summed E-state index contributed by atoms with van der Waals surface area (Å²) in [7, 11) is 0. The van der Waals surface area contributed by atoms with E-state index in [1.165, 1.54) is 6.07 Å². The van der Waals surface area contributed by atoms with E-state index in [1.54, 1.807) is 6.07 Å². The van der Waals surface area contributed by atoms with Crippen molar-refractivity contribution >= 4 is 15.9 Å². The maximum atomic E-state index is 9.81. The lowest BCUT2D eigenvalue weighted by atomic mass is 10.0. The largest absolute Gasteiger partial charge is 0.504 e. The molecule has 0 spiro atoms. The maximum Gasteiger partial charge on any atom is 0.200 e. The Morgan fingerprint density at radius 1 is 1.00 bits per heavy atom. The van der Waals surface area contributed by atoms with Crippen LogP contribution in [0.25, 0.3) is 0 Å². The monoisotopic (exact) mass is 351 g/mol. The molecule has 0 radical (unpaired) electrons. The quantitative estimate of drug-likeness (QED) is 0.618. The molecular formula is C16H18BrNO3. The fourth-order valence-electron chi connectivity index (χ4n) is 2.18. The molecule has 21 heavy (non-hydrogen) atoms. The molecule has 0 saturated carbocycles. The second-order valence-electron chi connectivity index (χ2n) is 4.83. The van der Waals surface area contributed by atoms with Gasteiger partial charge < -0.3 is 20.6 Å². The fourth-order valence-corrected chi connectivity index (χ4v) is 2.44. The number of benzene rings is 2. The van der Waals surface area contributed by atoms with Gasteiger partial charge in [0.25, 0.3) is 0 Å². The Morgan fingerprint density at radius 3 is 2.29 bits per heavy atom. The van der Waals surface area contributed by atoms with Crippen molar-refractivity contribution in [1.82, 2.24) is 5.32 Å². The molecular weight excluding hydrogens is 334 g/mol. The van der Waals surface area contributed by atoms with Gasteiger partial charge in [0.05, 0.1) is 0 Å². The van der Waals surface area contributed by atoms with Crippen LogP contribution in [0.4, 0.5) is 0 Å². The second-order valence-corrected chi connectivity index (χ2v) is 5.75. The molecule has 0 heterocycles. The van der Waals surface area contributed by atoms with E-state index >= 15 is 0 Å². The lowest BCUT2D eigenvalue weighted by molar-refractivity contribution is 0.363. The summed E-state index contributed by atoms with van der Waals surface area (Å²) in [4.78, 5) is 0. The summed E-state index contributed by atoms with van der Waals surface area (Å²) < 4.78 is 1.03. The average molecular weight is 352 g/mol. The highest BCUT2D eigenvalue weighted by molar-refractivity contribution is 9.10. The first-order valence-electron chi connectivity index (χ1n) is 6.74. The van der Waals surface area contributed by atoms with Crippen LogP contribution < -0.4 is 5.32 Å². The highest BCUT2D eigenvalue weighted by Gasteiger charge is 2.13. The predicted octanol–water partition coefficient (Wildman–Crippen LogP) is 3.81. The Bertz CT molecular complexity index is 614. The molecule has 0 saturated heterocycles. The molecule has 0 aliphatic heterocycles. The van der Waals surface area contributed by atoms with Crippen molar-refractivity contribution in [2.45, 2.75) is 25.9 Å². The van der Waals surface area contributed by atoms with E-state index in [-0.39, 0.29) is 17.5 Å². The van der Waals surface area contributed by atoms with Crippen LogP contribution in [0, 0.1) is 0 Å². The molecule has 1 unspecified atom stereocenters. The molecule has 0 aliphatic carbocycles. The van der Waals surface area contributed by atoms with Crippen LogP contribution >= 0.6 is 15.9 Å². The number of phenols is 3. The van der Waals surface area contributed by atoms with Gasteiger partial charge in [0.15, 0.2) is 11.5 Å². The van der Waals surface area contributed by atoms with Crippen LogP contribution in [0.2, 0.25) is 0 Å². The third-order valence-electron chi connectivity index (χ3n) is 3.43. The topological polar surface area (TPSA) is 72.7 Å². The highest BCUT2D eigenvalue weighted by Crippen LogP contribution is 2.37. The molecule has 0 aliphatic rings. The van der Waals surface area contributed by atoms with Crippen LogP contribution in [0.3, 0.4) is 0 Å². The first-order valence-corrected chi connectivity index (χ1v) is 7.53. The van der Waals surface area contributed by atoms with Gasteiger partial charge in [-0.05, 0) is 30.2 Å². The number of nitrogens with one attached hydrogen (secondary N) is 1. The van der Waals surface area contributed by atoms with Crippen LogP contribution in [0.5, 0.6) is 17.2 Å². The zero-order valence-corrected chi connectivity index (χ0v) is 13.3. The Balaban J connectivity index is 2.10. The van der Waals surface area contributed by atoms with Crippen molar-refractivity contribution in [1.29, 1.82) is 0 Å². The third kappa shape index (κ3) is 3.68. The molecule has 4 N–H and O–H groups in total. The first kappa shape index (κ1) is 15.7. The molecule has 5 heteroatoms. The Hall–Kier alpha value is -1.72. The van der Waals surface area contributed by atoms with Crippen molar-refractivity contribution in [3.8, 4) is 17.2 Å². The lowest BCUT2D eigenvalue weighted by Crippen LogP contribution is -2.20. The SMILES string of the molecule is CCC(NCc1ccc(O)c(O)c1O)c1ccc(Br)cc1. The Labute approximate surface area is 132 Å². The first-order chi connectivity index (χ1) is 10.0. The van der Waals surface area contributed by atoms with E-state index in [9.17, 15) is 15.3 Å². The van der Waals surface area contributed by atoms with Gasteiger partial charge in [-0.2, -0.15) is 0 Å². The lowest BCUT2D eigenvalue weighted by Gasteiger charge is -2.18. The molecule has 2 aromatic rings. The molecule has 4 nitrogen and oxygen atoms in total. The van der Waals surface area contributed by atoms with Crippen molar-refractivity contribution < 1.29 is 15.3 Å². The molecule has 2 aromatic carbocycles. The zero-order valence-electron chi connectivity index (χ0n) is 11.7. The van der Waals surface area contributed by atoms with Gasteiger partial charge in [-0.25, -0.2) is 0 Å². The van der Waals surface area contributed by atoms with E-state index in [0.717, 1.165) is 16.5 Å². The zero-order chi connectivity index (χ0) is 15.4. The van der Waals surface area contributed by atoms with E-state index < -0.39 is 5.75 Å². The Kier molecular flexibility index (Phi) is 5.09. The molecule has 0 bridgehead atoms. The average Bonchev–Trinajstić information content (AvgIpc) is 2.49. The third-order valence-corrected chi connectivity index (χ3v) is 3.96. The number of halogens is 1. The van der Waals surface area contributed by atoms with Crippen LogP contribution in [0.15, 0.2) is 40.9 Å². The number of hydrogen-bond acceptors (Lipinski definition) is 4. The number of aromatic hydroxyl groups is 3. The van der Waals surface area contributed by atoms with Gasteiger partial charge in [0.2, 0.25) is 5.75 Å². The minimum absolute atomic E-state index is 0.147.